The minimum absolute atomic E-state index is 0.0881. The molecule has 25 heteroatoms. The third-order valence-corrected chi connectivity index (χ3v) is 12.0. The molecule has 75 heavy (non-hydrogen) atoms. The maximum Gasteiger partial charge on any atom is 0.326 e. The second-order valence-corrected chi connectivity index (χ2v) is 18.6. The first-order valence-electron chi connectivity index (χ1n) is 24.1. The summed E-state index contributed by atoms with van der Waals surface area (Å²) in [5.74, 6) is -9.39. The predicted octanol–water partition coefficient (Wildman–Crippen LogP) is -0.762. The molecular formula is C50H65N11O14. The second kappa shape index (κ2) is 28.1. The molecule has 9 amide bonds. The number of aromatic hydroxyl groups is 1. The van der Waals surface area contributed by atoms with Crippen LogP contribution >= 0.6 is 0 Å². The number of likely N-dealkylation sites (tertiary alicyclic amines) is 1. The number of hydrogen-bond donors (Lipinski definition) is 11. The summed E-state index contributed by atoms with van der Waals surface area (Å²) in [6.45, 7) is 5.65. The number of hydrogen-bond acceptors (Lipinski definition) is 14. The number of carbonyl (C=O) groups excluding carboxylic acids is 9. The molecular weight excluding hydrogens is 979 g/mol. The number of carboxylic acids is 1. The number of para-hydroxylation sites is 1. The number of nitro benzene ring substituents is 1. The smallest absolute Gasteiger partial charge is 0.326 e. The van der Waals surface area contributed by atoms with Crippen LogP contribution in [0.25, 0.3) is 0 Å². The number of carbonyl (C=O) groups is 10. The van der Waals surface area contributed by atoms with Crippen molar-refractivity contribution in [2.24, 2.45) is 17.4 Å². The van der Waals surface area contributed by atoms with Gasteiger partial charge in [-0.2, -0.15) is 0 Å². The van der Waals surface area contributed by atoms with Gasteiger partial charge in [-0.05, 0) is 68.7 Å². The number of phenols is 1. The summed E-state index contributed by atoms with van der Waals surface area (Å²) < 4.78 is 0. The molecule has 1 heterocycles. The average Bonchev–Trinajstić information content (AvgIpc) is 3.85. The van der Waals surface area contributed by atoms with Crippen LogP contribution in [0.15, 0.2) is 78.9 Å². The second-order valence-electron chi connectivity index (χ2n) is 18.6. The molecule has 0 radical (unpaired) electrons. The monoisotopic (exact) mass is 1040 g/mol. The van der Waals surface area contributed by atoms with E-state index in [1.165, 1.54) is 61.2 Å². The van der Waals surface area contributed by atoms with Gasteiger partial charge in [0.05, 0.1) is 42.0 Å². The van der Waals surface area contributed by atoms with Gasteiger partial charge in [0, 0.05) is 19.0 Å². The Morgan fingerprint density at radius 1 is 0.693 bits per heavy atom. The SMILES string of the molecule is CC(C)C[C@H](NC(=O)[C@H](C)NC(=O)C[C@H](NC(=O)[C@H](Cc1ccc(O)cc1)NC(=O)[C@H](CC(N)=O)NC(=O)CNC(=O)[C@@H]1CCCN1C(=O)[C@H](C)NC(=O)[C@@H](N)Cc1ccccc1)c1ccccc1[N+](=O)[O-])C(=O)O. The van der Waals surface area contributed by atoms with Crippen molar-refractivity contribution in [3.63, 3.8) is 0 Å². The number of phenolic OH excluding ortho intramolecular Hbond substituents is 1. The fourth-order valence-electron chi connectivity index (χ4n) is 8.19. The lowest BCUT2D eigenvalue weighted by Crippen LogP contribution is -2.57. The Morgan fingerprint density at radius 2 is 1.31 bits per heavy atom. The van der Waals surface area contributed by atoms with Crippen molar-refractivity contribution in [2.45, 2.75) is 121 Å². The summed E-state index contributed by atoms with van der Waals surface area (Å²) in [6, 6.07) is 9.07. The van der Waals surface area contributed by atoms with Gasteiger partial charge in [0.2, 0.25) is 53.2 Å². The van der Waals surface area contributed by atoms with E-state index in [9.17, 15) is 68.3 Å². The standard InChI is InChI=1S/C50H65N11O14/c1-27(2)21-38(50(72)73)59-44(66)28(3)54-42(64)25-35(33-13-8-9-14-39(33)61(74)75)57-46(68)36(23-31-16-18-32(62)19-17-31)58-47(69)37(24-41(52)63)56-43(65)26-53-48(70)40-15-10-20-60(40)49(71)29(4)55-45(67)34(51)22-30-11-6-5-7-12-30/h5-9,11-14,16-19,27-29,34-38,40,62H,10,15,20-26,51H2,1-4H3,(H2,52,63)(H,53,70)(H,54,64)(H,55,67)(H,56,65)(H,57,68)(H,58,69)(H,59,66)(H,72,73)/t28-,29-,34-,35-,36-,37-,38-,40-/m0/s1. The van der Waals surface area contributed by atoms with Crippen LogP contribution in [0.5, 0.6) is 5.75 Å². The number of nitrogens with zero attached hydrogens (tertiary/aromatic N) is 2. The van der Waals surface area contributed by atoms with E-state index in [0.717, 1.165) is 11.6 Å². The van der Waals surface area contributed by atoms with Crippen molar-refractivity contribution in [3.05, 3.63) is 106 Å². The van der Waals surface area contributed by atoms with Crippen molar-refractivity contribution in [1.82, 2.24) is 42.1 Å². The Balaban J connectivity index is 1.48. The third kappa shape index (κ3) is 18.5. The predicted molar refractivity (Wildman–Crippen MR) is 268 cm³/mol. The summed E-state index contributed by atoms with van der Waals surface area (Å²) in [6.07, 6.45) is -0.912. The van der Waals surface area contributed by atoms with Gasteiger partial charge in [-0.25, -0.2) is 4.79 Å². The highest BCUT2D eigenvalue weighted by atomic mass is 16.6. The molecule has 1 fully saturated rings. The van der Waals surface area contributed by atoms with Gasteiger partial charge in [-0.3, -0.25) is 53.3 Å². The molecule has 4 rings (SSSR count). The van der Waals surface area contributed by atoms with Crippen LogP contribution in [0.1, 0.15) is 82.5 Å². The van der Waals surface area contributed by atoms with Gasteiger partial charge in [0.25, 0.3) is 5.69 Å². The molecule has 0 bridgehead atoms. The van der Waals surface area contributed by atoms with E-state index in [2.05, 4.69) is 37.2 Å². The summed E-state index contributed by atoms with van der Waals surface area (Å²) >= 11 is 0. The van der Waals surface area contributed by atoms with Gasteiger partial charge < -0.3 is 63.8 Å². The minimum Gasteiger partial charge on any atom is -0.508 e. The van der Waals surface area contributed by atoms with Crippen molar-refractivity contribution in [2.75, 3.05) is 13.1 Å². The van der Waals surface area contributed by atoms with E-state index in [1.807, 2.05) is 18.2 Å². The molecule has 3 aromatic rings. The first-order chi connectivity index (χ1) is 35.4. The zero-order chi connectivity index (χ0) is 55.5. The molecule has 13 N–H and O–H groups in total. The highest BCUT2D eigenvalue weighted by molar-refractivity contribution is 5.97. The number of nitrogens with two attached hydrogens (primary N) is 2. The maximum atomic E-state index is 14.4. The van der Waals surface area contributed by atoms with Crippen molar-refractivity contribution >= 4 is 64.8 Å². The zero-order valence-corrected chi connectivity index (χ0v) is 41.9. The molecule has 1 aliphatic heterocycles. The van der Waals surface area contributed by atoms with Crippen LogP contribution in [0.2, 0.25) is 0 Å². The Morgan fingerprint density at radius 3 is 1.93 bits per heavy atom. The summed E-state index contributed by atoms with van der Waals surface area (Å²) in [5, 5.41) is 48.8. The van der Waals surface area contributed by atoms with E-state index in [-0.39, 0.29) is 49.5 Å². The number of primary amides is 1. The van der Waals surface area contributed by atoms with Crippen LogP contribution in [-0.2, 0) is 60.8 Å². The zero-order valence-electron chi connectivity index (χ0n) is 41.9. The lowest BCUT2D eigenvalue weighted by molar-refractivity contribution is -0.385. The first kappa shape index (κ1) is 59.1. The van der Waals surface area contributed by atoms with Crippen LogP contribution < -0.4 is 48.7 Å². The quantitative estimate of drug-likeness (QED) is 0.0330. The van der Waals surface area contributed by atoms with Crippen molar-refractivity contribution in [3.8, 4) is 5.75 Å². The molecule has 3 aromatic carbocycles. The van der Waals surface area contributed by atoms with Crippen LogP contribution in [0, 0.1) is 16.0 Å². The number of nitro groups is 1. The van der Waals surface area contributed by atoms with Gasteiger partial charge >= 0.3 is 5.97 Å². The van der Waals surface area contributed by atoms with Gasteiger partial charge in [0.15, 0.2) is 0 Å². The third-order valence-electron chi connectivity index (χ3n) is 12.0. The maximum absolute atomic E-state index is 14.4. The first-order valence-corrected chi connectivity index (χ1v) is 24.1. The van der Waals surface area contributed by atoms with E-state index >= 15 is 0 Å². The molecule has 0 aliphatic carbocycles. The van der Waals surface area contributed by atoms with E-state index < -0.39 is 137 Å². The molecule has 0 unspecified atom stereocenters. The van der Waals surface area contributed by atoms with Crippen LogP contribution in [0.4, 0.5) is 5.69 Å². The molecule has 8 atom stereocenters. The van der Waals surface area contributed by atoms with Crippen molar-refractivity contribution in [1.29, 1.82) is 0 Å². The van der Waals surface area contributed by atoms with Crippen LogP contribution in [-0.4, -0.2) is 135 Å². The minimum atomic E-state index is -1.75. The number of benzene rings is 3. The number of rotatable bonds is 27. The Bertz CT molecular complexity index is 2560. The van der Waals surface area contributed by atoms with Gasteiger partial charge in [0.1, 0.15) is 42.0 Å². The fraction of sp³-hybridized carbons (Fsp3) is 0.440. The van der Waals surface area contributed by atoms with Gasteiger partial charge in [-0.15, -0.1) is 0 Å². The Kier molecular flexibility index (Phi) is 22.1. The van der Waals surface area contributed by atoms with E-state index in [4.69, 9.17) is 11.5 Å². The summed E-state index contributed by atoms with van der Waals surface area (Å²) in [4.78, 5) is 145. The average molecular weight is 1040 g/mol. The van der Waals surface area contributed by atoms with E-state index in [1.54, 1.807) is 26.0 Å². The summed E-state index contributed by atoms with van der Waals surface area (Å²) in [5.41, 5.74) is 12.0. The number of aliphatic carboxylic acids is 1. The molecule has 25 nitrogen and oxygen atoms in total. The largest absolute Gasteiger partial charge is 0.508 e. The molecule has 0 spiro atoms. The highest BCUT2D eigenvalue weighted by Gasteiger charge is 2.38. The van der Waals surface area contributed by atoms with Crippen molar-refractivity contribution < 1.29 is 63.1 Å². The molecule has 0 saturated carbocycles. The highest BCUT2D eigenvalue weighted by Crippen LogP contribution is 2.28. The number of carboxylic acid groups (broad SMARTS) is 1. The molecule has 0 aromatic heterocycles. The Labute approximate surface area is 431 Å². The molecule has 404 valence electrons. The molecule has 1 aliphatic rings. The lowest BCUT2D eigenvalue weighted by atomic mass is 9.99. The fourth-order valence-corrected chi connectivity index (χ4v) is 8.19. The van der Waals surface area contributed by atoms with Crippen LogP contribution in [0.3, 0.4) is 0 Å². The lowest BCUT2D eigenvalue weighted by Gasteiger charge is -2.28. The number of amides is 9. The molecule has 1 saturated heterocycles. The van der Waals surface area contributed by atoms with E-state index in [0.29, 0.717) is 12.0 Å². The topological polar surface area (TPSA) is 394 Å². The van der Waals surface area contributed by atoms with Gasteiger partial charge in [-0.1, -0.05) is 74.5 Å². The number of nitrogens with one attached hydrogen (secondary N) is 7. The normalized spacial score (nSPS) is 15.8. The summed E-state index contributed by atoms with van der Waals surface area (Å²) in [7, 11) is 0. The Hall–Kier alpha value is -8.48.